The fourth-order valence-corrected chi connectivity index (χ4v) is 3.92. The molecular formula is C27H19F9N4O. The van der Waals surface area contributed by atoms with Gasteiger partial charge in [0.2, 0.25) is 5.91 Å². The van der Waals surface area contributed by atoms with Gasteiger partial charge in [0, 0.05) is 23.1 Å². The van der Waals surface area contributed by atoms with Gasteiger partial charge in [-0.3, -0.25) is 9.36 Å². The number of imidazole rings is 1. The highest BCUT2D eigenvalue weighted by molar-refractivity contribution is 5.92. The van der Waals surface area contributed by atoms with Gasteiger partial charge < -0.3 is 10.6 Å². The molecule has 0 spiro atoms. The van der Waals surface area contributed by atoms with Crippen molar-refractivity contribution in [2.45, 2.75) is 18.5 Å². The van der Waals surface area contributed by atoms with Crippen molar-refractivity contribution in [3.63, 3.8) is 0 Å². The van der Waals surface area contributed by atoms with Crippen LogP contribution in [-0.4, -0.2) is 29.1 Å². The predicted octanol–water partition coefficient (Wildman–Crippen LogP) is 7.42. The molecule has 1 aromatic heterocycles. The highest BCUT2D eigenvalue weighted by Crippen LogP contribution is 2.39. The molecule has 0 aliphatic heterocycles. The summed E-state index contributed by atoms with van der Waals surface area (Å²) in [5, 5.41) is 5.27. The lowest BCUT2D eigenvalue weighted by Crippen LogP contribution is -2.24. The van der Waals surface area contributed by atoms with Gasteiger partial charge in [0.1, 0.15) is 5.82 Å². The monoisotopic (exact) mass is 586 g/mol. The molecule has 5 nitrogen and oxygen atoms in total. The van der Waals surface area contributed by atoms with E-state index in [9.17, 15) is 44.3 Å². The minimum Gasteiger partial charge on any atom is -0.325 e. The first-order valence-corrected chi connectivity index (χ1v) is 11.7. The molecule has 1 heterocycles. The number of nitrogens with zero attached hydrogens (tertiary/aromatic N) is 2. The maximum atomic E-state index is 13.5. The van der Waals surface area contributed by atoms with E-state index in [1.165, 1.54) is 48.5 Å². The summed E-state index contributed by atoms with van der Waals surface area (Å²) >= 11 is 0. The Morgan fingerprint density at radius 2 is 1.27 bits per heavy atom. The number of anilines is 1. The Morgan fingerprint density at radius 3 is 1.76 bits per heavy atom. The van der Waals surface area contributed by atoms with Crippen LogP contribution in [0.5, 0.6) is 0 Å². The van der Waals surface area contributed by atoms with Crippen LogP contribution in [-0.2, 0) is 23.3 Å². The second-order valence-electron chi connectivity index (χ2n) is 8.81. The maximum absolute atomic E-state index is 13.5. The van der Waals surface area contributed by atoms with Crippen molar-refractivity contribution < 1.29 is 44.3 Å². The Labute approximate surface area is 226 Å². The maximum Gasteiger partial charge on any atom is 0.434 e. The van der Waals surface area contributed by atoms with E-state index < -0.39 is 35.3 Å². The Balaban J connectivity index is 1.74. The number of hydrogen-bond donors (Lipinski definition) is 2. The van der Waals surface area contributed by atoms with Gasteiger partial charge in [0.15, 0.2) is 5.69 Å². The molecule has 216 valence electrons. The molecule has 1 amide bonds. The topological polar surface area (TPSA) is 59.0 Å². The second-order valence-corrected chi connectivity index (χ2v) is 8.81. The molecule has 0 saturated carbocycles. The lowest BCUT2D eigenvalue weighted by Gasteiger charge is -2.15. The minimum atomic E-state index is -5.04. The van der Waals surface area contributed by atoms with Crippen LogP contribution in [0.15, 0.2) is 72.9 Å². The summed E-state index contributed by atoms with van der Waals surface area (Å²) in [6.07, 6.45) is -14.1. The summed E-state index contributed by atoms with van der Waals surface area (Å²) in [6.45, 7) is 0.0381. The third kappa shape index (κ3) is 6.88. The van der Waals surface area contributed by atoms with Crippen LogP contribution in [0.3, 0.4) is 0 Å². The van der Waals surface area contributed by atoms with Crippen LogP contribution < -0.4 is 10.6 Å². The first-order chi connectivity index (χ1) is 19.1. The number of aromatic nitrogens is 2. The number of benzene rings is 3. The molecule has 2 N–H and O–H groups in total. The number of nitrogens with one attached hydrogen (secondary N) is 2. The zero-order chi connectivity index (χ0) is 30.2. The lowest BCUT2D eigenvalue weighted by atomic mass is 9.98. The van der Waals surface area contributed by atoms with Gasteiger partial charge in [-0.15, -0.1) is 0 Å². The molecular weight excluding hydrogens is 567 g/mol. The first kappa shape index (κ1) is 29.6. The molecule has 41 heavy (non-hydrogen) atoms. The molecule has 0 unspecified atom stereocenters. The van der Waals surface area contributed by atoms with Crippen molar-refractivity contribution in [2.24, 2.45) is 0 Å². The predicted molar refractivity (Wildman–Crippen MR) is 132 cm³/mol. The molecule has 0 aliphatic carbocycles. The van der Waals surface area contributed by atoms with E-state index in [4.69, 9.17) is 0 Å². The number of alkyl halides is 9. The number of carbonyl (C=O) groups excluding carboxylic acids is 1. The Hall–Kier alpha value is -4.33. The first-order valence-electron chi connectivity index (χ1n) is 11.7. The van der Waals surface area contributed by atoms with Crippen molar-refractivity contribution in [1.29, 1.82) is 0 Å². The second kappa shape index (κ2) is 10.9. The summed E-state index contributed by atoms with van der Waals surface area (Å²) in [7, 11) is 1.58. The molecule has 4 rings (SSSR count). The fourth-order valence-electron chi connectivity index (χ4n) is 3.92. The average Bonchev–Trinajstić information content (AvgIpc) is 3.34. The third-order valence-corrected chi connectivity index (χ3v) is 5.83. The molecule has 0 aliphatic rings. The van der Waals surface area contributed by atoms with Gasteiger partial charge in [-0.25, -0.2) is 4.98 Å². The number of amides is 1. The van der Waals surface area contributed by atoms with E-state index in [1.807, 2.05) is 0 Å². The molecule has 0 radical (unpaired) electrons. The van der Waals surface area contributed by atoms with Gasteiger partial charge in [0.05, 0.1) is 17.7 Å². The van der Waals surface area contributed by atoms with Crippen molar-refractivity contribution in [1.82, 2.24) is 14.9 Å². The van der Waals surface area contributed by atoms with E-state index in [1.54, 1.807) is 7.05 Å². The van der Waals surface area contributed by atoms with E-state index in [0.717, 1.165) is 10.8 Å². The normalized spacial score (nSPS) is 12.4. The largest absolute Gasteiger partial charge is 0.434 e. The van der Waals surface area contributed by atoms with E-state index in [-0.39, 0.29) is 46.7 Å². The zero-order valence-electron chi connectivity index (χ0n) is 20.8. The highest BCUT2D eigenvalue weighted by Gasteiger charge is 2.37. The van der Waals surface area contributed by atoms with Gasteiger partial charge in [0.25, 0.3) is 0 Å². The Bertz CT molecular complexity index is 1500. The molecule has 3 aromatic carbocycles. The van der Waals surface area contributed by atoms with E-state index >= 15 is 0 Å². The molecule has 14 heteroatoms. The van der Waals surface area contributed by atoms with E-state index in [0.29, 0.717) is 17.8 Å². The average molecular weight is 586 g/mol. The van der Waals surface area contributed by atoms with Crippen molar-refractivity contribution in [2.75, 3.05) is 18.9 Å². The molecule has 0 bridgehead atoms. The number of carbonyl (C=O) groups is 1. The summed E-state index contributed by atoms with van der Waals surface area (Å²) < 4.78 is 121. The molecule has 0 atom stereocenters. The summed E-state index contributed by atoms with van der Waals surface area (Å²) in [5.74, 6) is -0.526. The van der Waals surface area contributed by atoms with Crippen LogP contribution >= 0.6 is 0 Å². The Morgan fingerprint density at radius 1 is 0.732 bits per heavy atom. The fraction of sp³-hybridized carbons (Fsp3) is 0.185. The van der Waals surface area contributed by atoms with Gasteiger partial charge >= 0.3 is 18.5 Å². The number of likely N-dealkylation sites (N-methyl/N-ethyl adjacent to an activating group) is 1. The summed E-state index contributed by atoms with van der Waals surface area (Å²) in [6, 6.07) is 11.8. The van der Waals surface area contributed by atoms with Crippen molar-refractivity contribution in [3.8, 4) is 28.2 Å². The SMILES string of the molecule is CNCC(=O)Nc1ccc(-n2cc(C(F)(F)F)nc2-c2ccc(-c3cc(C(F)(F)F)cc(C(F)(F)F)c3)cc2)cc1. The number of hydrogen-bond acceptors (Lipinski definition) is 3. The van der Waals surface area contributed by atoms with Crippen molar-refractivity contribution in [3.05, 3.63) is 89.7 Å². The quantitative estimate of drug-likeness (QED) is 0.231. The zero-order valence-corrected chi connectivity index (χ0v) is 20.8. The van der Waals surface area contributed by atoms with Crippen LogP contribution in [0.1, 0.15) is 16.8 Å². The van der Waals surface area contributed by atoms with Gasteiger partial charge in [-0.1, -0.05) is 24.3 Å². The smallest absolute Gasteiger partial charge is 0.325 e. The highest BCUT2D eigenvalue weighted by atomic mass is 19.4. The molecule has 0 fully saturated rings. The number of rotatable bonds is 6. The van der Waals surface area contributed by atoms with Crippen LogP contribution in [0.25, 0.3) is 28.2 Å². The summed E-state index contributed by atoms with van der Waals surface area (Å²) in [5.41, 5.74) is -3.89. The Kier molecular flexibility index (Phi) is 7.89. The van der Waals surface area contributed by atoms with Crippen LogP contribution in [0.4, 0.5) is 45.2 Å². The molecule has 0 saturated heterocycles. The minimum absolute atomic E-state index is 0.00470. The third-order valence-electron chi connectivity index (χ3n) is 5.83. The molecule has 4 aromatic rings. The lowest BCUT2D eigenvalue weighted by molar-refractivity contribution is -0.143. The number of halogens is 9. The van der Waals surface area contributed by atoms with Gasteiger partial charge in [-0.2, -0.15) is 39.5 Å². The van der Waals surface area contributed by atoms with Crippen LogP contribution in [0.2, 0.25) is 0 Å². The standard InChI is InChI=1S/C27H19F9N4O/c1-37-13-23(41)38-20-6-8-21(9-7-20)40-14-22(27(34,35)36)39-24(40)16-4-2-15(3-5-16)17-10-18(25(28,29)30)12-19(11-17)26(31,32)33/h2-12,14,37H,13H2,1H3,(H,38,41). The van der Waals surface area contributed by atoms with Crippen LogP contribution in [0, 0.1) is 0 Å². The van der Waals surface area contributed by atoms with Crippen molar-refractivity contribution >= 4 is 11.6 Å². The van der Waals surface area contributed by atoms with E-state index in [2.05, 4.69) is 15.6 Å². The summed E-state index contributed by atoms with van der Waals surface area (Å²) in [4.78, 5) is 15.4. The van der Waals surface area contributed by atoms with Gasteiger partial charge in [-0.05, 0) is 60.6 Å².